The van der Waals surface area contributed by atoms with Gasteiger partial charge in [0.15, 0.2) is 11.5 Å². The number of rotatable bonds is 9. The van der Waals surface area contributed by atoms with Gasteiger partial charge in [-0.3, -0.25) is 19.3 Å². The first kappa shape index (κ1) is 27.6. The molecule has 0 aliphatic carbocycles. The maximum atomic E-state index is 13.9. The summed E-state index contributed by atoms with van der Waals surface area (Å²) in [5.41, 5.74) is 1.77. The Kier molecular flexibility index (Phi) is 7.83. The molecule has 3 amide bonds. The number of nitrogens with zero attached hydrogens (tertiary/aromatic N) is 4. The second kappa shape index (κ2) is 11.6. The van der Waals surface area contributed by atoms with Crippen molar-refractivity contribution in [1.29, 1.82) is 0 Å². The van der Waals surface area contributed by atoms with Gasteiger partial charge in [-0.15, -0.1) is 0 Å². The van der Waals surface area contributed by atoms with Crippen molar-refractivity contribution in [3.8, 4) is 23.0 Å². The lowest BCUT2D eigenvalue weighted by atomic mass is 10.1. The molecular formula is C29H26N4O7S. The minimum atomic E-state index is -0.513. The number of ether oxygens (including phenoxy) is 4. The molecule has 4 aromatic rings. The number of hydrogen-bond donors (Lipinski definition) is 0. The first-order valence-electron chi connectivity index (χ1n) is 12.5. The molecule has 0 radical (unpaired) electrons. The Hall–Kier alpha value is -4.97. The molecule has 1 aromatic heterocycles. The second-order valence-corrected chi connectivity index (χ2v) is 9.83. The van der Waals surface area contributed by atoms with Crippen LogP contribution in [0.1, 0.15) is 28.8 Å². The van der Waals surface area contributed by atoms with Gasteiger partial charge in [0.25, 0.3) is 5.91 Å². The highest BCUT2D eigenvalue weighted by Gasteiger charge is 2.31. The van der Waals surface area contributed by atoms with Gasteiger partial charge in [0.2, 0.25) is 22.7 Å². The minimum absolute atomic E-state index is 0.136. The van der Waals surface area contributed by atoms with E-state index >= 15 is 0 Å². The van der Waals surface area contributed by atoms with Gasteiger partial charge in [-0.05, 0) is 48.5 Å². The molecule has 0 spiro atoms. The number of imide groups is 1. The zero-order valence-electron chi connectivity index (χ0n) is 22.7. The molecule has 0 bridgehead atoms. The van der Waals surface area contributed by atoms with Crippen LogP contribution in [0.4, 0.5) is 10.8 Å². The van der Waals surface area contributed by atoms with E-state index in [2.05, 4.69) is 10.1 Å². The zero-order valence-corrected chi connectivity index (χ0v) is 23.6. The van der Waals surface area contributed by atoms with E-state index in [1.54, 1.807) is 49.6 Å². The summed E-state index contributed by atoms with van der Waals surface area (Å²) in [6, 6.07) is 15.1. The quantitative estimate of drug-likeness (QED) is 0.161. The van der Waals surface area contributed by atoms with Crippen molar-refractivity contribution in [2.45, 2.75) is 12.8 Å². The monoisotopic (exact) mass is 574 g/mol. The Morgan fingerprint density at radius 3 is 2.27 bits per heavy atom. The summed E-state index contributed by atoms with van der Waals surface area (Å²) in [5.74, 6) is 0.786. The Labute approximate surface area is 239 Å². The molecule has 41 heavy (non-hydrogen) atoms. The summed E-state index contributed by atoms with van der Waals surface area (Å²) >= 11 is 1.26. The average Bonchev–Trinajstić information content (AvgIpc) is 3.57. The number of methoxy groups -OCH3 is 4. The van der Waals surface area contributed by atoms with Crippen molar-refractivity contribution in [2.75, 3.05) is 38.3 Å². The molecule has 12 heteroatoms. The molecule has 3 aromatic carbocycles. The van der Waals surface area contributed by atoms with Crippen molar-refractivity contribution in [2.24, 2.45) is 5.10 Å². The number of thiazole rings is 1. The lowest BCUT2D eigenvalue weighted by Crippen LogP contribution is -2.29. The van der Waals surface area contributed by atoms with Crippen LogP contribution in [0.3, 0.4) is 0 Å². The molecule has 1 saturated heterocycles. The van der Waals surface area contributed by atoms with Crippen LogP contribution in [0.5, 0.6) is 23.0 Å². The molecule has 1 aliphatic heterocycles. The second-order valence-electron chi connectivity index (χ2n) is 8.82. The highest BCUT2D eigenvalue weighted by atomic mass is 32.1. The maximum absolute atomic E-state index is 13.9. The average molecular weight is 575 g/mol. The molecule has 0 N–H and O–H groups in total. The molecular weight excluding hydrogens is 548 g/mol. The highest BCUT2D eigenvalue weighted by Crippen LogP contribution is 2.38. The highest BCUT2D eigenvalue weighted by molar-refractivity contribution is 7.22. The summed E-state index contributed by atoms with van der Waals surface area (Å²) in [4.78, 5) is 44.3. The standard InChI is InChI=1S/C29H26N4O7S/c1-37-20-8-9-21-24(15-20)41-29(31-21)33(30-16-17-12-22(38-2)27(40-4)23(13-17)39-3)28(36)18-6-5-7-19(14-18)32-25(34)10-11-26(32)35/h5-9,12-16H,10-11H2,1-4H3/b30-16+. The van der Waals surface area contributed by atoms with Crippen molar-refractivity contribution >= 4 is 56.3 Å². The number of hydrogen-bond acceptors (Lipinski definition) is 10. The summed E-state index contributed by atoms with van der Waals surface area (Å²) in [6.45, 7) is 0. The van der Waals surface area contributed by atoms with E-state index in [9.17, 15) is 14.4 Å². The zero-order chi connectivity index (χ0) is 29.1. The number of amides is 3. The fraction of sp³-hybridized carbons (Fsp3) is 0.207. The van der Waals surface area contributed by atoms with E-state index in [4.69, 9.17) is 18.9 Å². The Balaban J connectivity index is 1.58. The third-order valence-corrected chi connectivity index (χ3v) is 7.36. The van der Waals surface area contributed by atoms with Crippen molar-refractivity contribution in [3.05, 3.63) is 65.7 Å². The lowest BCUT2D eigenvalue weighted by molar-refractivity contribution is -0.121. The molecule has 1 fully saturated rings. The van der Waals surface area contributed by atoms with Gasteiger partial charge in [-0.25, -0.2) is 4.98 Å². The molecule has 1 aliphatic rings. The van der Waals surface area contributed by atoms with Crippen LogP contribution in [0.25, 0.3) is 10.2 Å². The van der Waals surface area contributed by atoms with Gasteiger partial charge >= 0.3 is 0 Å². The Morgan fingerprint density at radius 1 is 0.927 bits per heavy atom. The molecule has 0 atom stereocenters. The molecule has 5 rings (SSSR count). The molecule has 210 valence electrons. The van der Waals surface area contributed by atoms with Crippen LogP contribution in [0.2, 0.25) is 0 Å². The Morgan fingerprint density at radius 2 is 1.63 bits per heavy atom. The summed E-state index contributed by atoms with van der Waals surface area (Å²) in [6.07, 6.45) is 1.75. The number of carbonyl (C=O) groups is 3. The predicted molar refractivity (Wildman–Crippen MR) is 155 cm³/mol. The number of benzene rings is 3. The fourth-order valence-corrected chi connectivity index (χ4v) is 5.31. The van der Waals surface area contributed by atoms with Gasteiger partial charge in [0.05, 0.1) is 50.6 Å². The van der Waals surface area contributed by atoms with Crippen LogP contribution in [0, 0.1) is 0 Å². The van der Waals surface area contributed by atoms with Gasteiger partial charge in [-0.1, -0.05) is 17.4 Å². The number of fused-ring (bicyclic) bond motifs is 1. The van der Waals surface area contributed by atoms with E-state index < -0.39 is 5.91 Å². The van der Waals surface area contributed by atoms with E-state index in [0.29, 0.717) is 44.9 Å². The molecule has 0 unspecified atom stereocenters. The summed E-state index contributed by atoms with van der Waals surface area (Å²) in [5, 5.41) is 6.00. The topological polar surface area (TPSA) is 120 Å². The van der Waals surface area contributed by atoms with Gasteiger partial charge in [0, 0.05) is 24.0 Å². The number of carbonyl (C=O) groups excluding carboxylic acids is 3. The smallest absolute Gasteiger partial charge is 0.280 e. The molecule has 0 saturated carbocycles. The normalized spacial score (nSPS) is 13.2. The van der Waals surface area contributed by atoms with Crippen LogP contribution in [-0.4, -0.2) is 57.4 Å². The predicted octanol–water partition coefficient (Wildman–Crippen LogP) is 4.67. The number of hydrazone groups is 1. The van der Waals surface area contributed by atoms with Crippen molar-refractivity contribution < 1.29 is 33.3 Å². The maximum Gasteiger partial charge on any atom is 0.280 e. The van der Waals surface area contributed by atoms with E-state index in [-0.39, 0.29) is 30.2 Å². The first-order valence-corrected chi connectivity index (χ1v) is 13.3. The van der Waals surface area contributed by atoms with Crippen molar-refractivity contribution in [3.63, 3.8) is 0 Å². The summed E-state index contributed by atoms with van der Waals surface area (Å²) in [7, 11) is 6.09. The third-order valence-electron chi connectivity index (χ3n) is 6.37. The van der Waals surface area contributed by atoms with Crippen LogP contribution >= 0.6 is 11.3 Å². The van der Waals surface area contributed by atoms with Gasteiger partial charge in [0.1, 0.15) is 5.75 Å². The number of aromatic nitrogens is 1. The van der Waals surface area contributed by atoms with Gasteiger partial charge < -0.3 is 18.9 Å². The summed E-state index contributed by atoms with van der Waals surface area (Å²) < 4.78 is 22.4. The third kappa shape index (κ3) is 5.41. The van der Waals surface area contributed by atoms with Gasteiger partial charge in [-0.2, -0.15) is 10.1 Å². The molecule has 11 nitrogen and oxygen atoms in total. The first-order chi connectivity index (χ1) is 19.9. The van der Waals surface area contributed by atoms with Crippen LogP contribution in [0.15, 0.2) is 59.7 Å². The number of anilines is 2. The van der Waals surface area contributed by atoms with E-state index in [1.807, 2.05) is 6.07 Å². The minimum Gasteiger partial charge on any atom is -0.497 e. The lowest BCUT2D eigenvalue weighted by Gasteiger charge is -2.17. The largest absolute Gasteiger partial charge is 0.497 e. The van der Waals surface area contributed by atoms with Crippen LogP contribution < -0.4 is 28.9 Å². The Bertz CT molecular complexity index is 1640. The van der Waals surface area contributed by atoms with Crippen LogP contribution in [-0.2, 0) is 9.59 Å². The van der Waals surface area contributed by atoms with E-state index in [1.165, 1.54) is 50.0 Å². The SMILES string of the molecule is COc1ccc2nc(N(/N=C/c3cc(OC)c(OC)c(OC)c3)C(=O)c3cccc(N4C(=O)CCC4=O)c3)sc2c1. The van der Waals surface area contributed by atoms with Crippen molar-refractivity contribution in [1.82, 2.24) is 4.98 Å². The molecule has 2 heterocycles. The van der Waals surface area contributed by atoms with E-state index in [0.717, 1.165) is 9.60 Å². The fourth-order valence-electron chi connectivity index (χ4n) is 4.36.